The number of para-hydroxylation sites is 1. The van der Waals surface area contributed by atoms with Crippen LogP contribution in [0, 0.1) is 0 Å². The fourth-order valence-corrected chi connectivity index (χ4v) is 3.28. The van der Waals surface area contributed by atoms with Crippen LogP contribution in [0.25, 0.3) is 0 Å². The lowest BCUT2D eigenvalue weighted by Gasteiger charge is -2.32. The van der Waals surface area contributed by atoms with Gasteiger partial charge in [0.15, 0.2) is 5.96 Å². The Labute approximate surface area is 179 Å². The maximum atomic E-state index is 5.80. The van der Waals surface area contributed by atoms with Crippen molar-refractivity contribution in [2.45, 2.75) is 26.5 Å². The third kappa shape index (κ3) is 6.62. The molecule has 0 aliphatic carbocycles. The first-order chi connectivity index (χ1) is 14.7. The van der Waals surface area contributed by atoms with Gasteiger partial charge in [-0.05, 0) is 37.6 Å². The third-order valence-electron chi connectivity index (χ3n) is 4.92. The lowest BCUT2D eigenvalue weighted by atomic mass is 10.2. The number of benzene rings is 1. The van der Waals surface area contributed by atoms with Crippen molar-refractivity contribution in [3.05, 3.63) is 54.2 Å². The minimum Gasteiger partial charge on any atom is -0.492 e. The van der Waals surface area contributed by atoms with E-state index in [0.717, 1.165) is 55.9 Å². The molecule has 0 saturated carbocycles. The van der Waals surface area contributed by atoms with Crippen molar-refractivity contribution >= 4 is 11.8 Å². The van der Waals surface area contributed by atoms with Gasteiger partial charge in [-0.3, -0.25) is 0 Å². The number of anilines is 1. The second-order valence-corrected chi connectivity index (χ2v) is 7.41. The van der Waals surface area contributed by atoms with E-state index < -0.39 is 0 Å². The molecule has 7 heteroatoms. The molecular weight excluding hydrogens is 378 g/mol. The molecule has 2 aromatic rings. The van der Waals surface area contributed by atoms with E-state index in [1.54, 1.807) is 0 Å². The number of morpholine rings is 1. The van der Waals surface area contributed by atoms with E-state index in [2.05, 4.69) is 46.1 Å². The van der Waals surface area contributed by atoms with Crippen LogP contribution in [-0.2, 0) is 11.3 Å². The summed E-state index contributed by atoms with van der Waals surface area (Å²) in [6.45, 7) is 9.42. The Morgan fingerprint density at radius 3 is 2.83 bits per heavy atom. The minimum absolute atomic E-state index is 0.244. The van der Waals surface area contributed by atoms with Gasteiger partial charge in [0, 0.05) is 32.9 Å². The van der Waals surface area contributed by atoms with Crippen LogP contribution < -0.4 is 15.0 Å². The van der Waals surface area contributed by atoms with Crippen LogP contribution in [0.15, 0.2) is 53.7 Å². The first kappa shape index (κ1) is 21.9. The maximum Gasteiger partial charge on any atom is 0.194 e. The topological polar surface area (TPSA) is 62.2 Å². The number of hydrogen-bond donors (Lipinski definition) is 1. The summed E-state index contributed by atoms with van der Waals surface area (Å²) in [6, 6.07) is 14.0. The predicted octanol–water partition coefficient (Wildman–Crippen LogP) is 2.78. The SMILES string of the molecule is CCNC(=NCc1ccc(N2CCOC(C)C2)nc1)N(C)CCOc1ccccc1. The van der Waals surface area contributed by atoms with Crippen molar-refractivity contribution in [3.63, 3.8) is 0 Å². The van der Waals surface area contributed by atoms with Crippen LogP contribution in [0.4, 0.5) is 5.82 Å². The molecule has 162 valence electrons. The number of guanidine groups is 1. The van der Waals surface area contributed by atoms with Gasteiger partial charge in [-0.15, -0.1) is 0 Å². The average Bonchev–Trinajstić information content (AvgIpc) is 2.77. The molecule has 30 heavy (non-hydrogen) atoms. The Morgan fingerprint density at radius 2 is 2.13 bits per heavy atom. The summed E-state index contributed by atoms with van der Waals surface area (Å²) in [5.74, 6) is 2.74. The first-order valence-electron chi connectivity index (χ1n) is 10.6. The molecule has 1 saturated heterocycles. The van der Waals surface area contributed by atoms with Gasteiger partial charge in [0.25, 0.3) is 0 Å². The highest BCUT2D eigenvalue weighted by Gasteiger charge is 2.17. The highest BCUT2D eigenvalue weighted by molar-refractivity contribution is 5.79. The Morgan fingerprint density at radius 1 is 1.30 bits per heavy atom. The summed E-state index contributed by atoms with van der Waals surface area (Å²) in [5.41, 5.74) is 1.09. The summed E-state index contributed by atoms with van der Waals surface area (Å²) in [5, 5.41) is 3.35. The van der Waals surface area contributed by atoms with Gasteiger partial charge in [0.05, 0.1) is 25.8 Å². The zero-order valence-electron chi connectivity index (χ0n) is 18.3. The molecule has 1 atom stereocenters. The summed E-state index contributed by atoms with van der Waals surface area (Å²) in [7, 11) is 2.02. The fraction of sp³-hybridized carbons (Fsp3) is 0.478. The van der Waals surface area contributed by atoms with E-state index in [9.17, 15) is 0 Å². The highest BCUT2D eigenvalue weighted by Crippen LogP contribution is 2.16. The summed E-state index contributed by atoms with van der Waals surface area (Å²) >= 11 is 0. The number of aromatic nitrogens is 1. The van der Waals surface area contributed by atoms with Crippen LogP contribution in [0.2, 0.25) is 0 Å². The molecule has 0 bridgehead atoms. The molecule has 1 unspecified atom stereocenters. The highest BCUT2D eigenvalue weighted by atomic mass is 16.5. The van der Waals surface area contributed by atoms with Crippen molar-refractivity contribution in [1.82, 2.24) is 15.2 Å². The molecule has 1 N–H and O–H groups in total. The molecule has 1 aliphatic rings. The van der Waals surface area contributed by atoms with Crippen molar-refractivity contribution in [1.29, 1.82) is 0 Å². The number of rotatable bonds is 8. The Balaban J connectivity index is 1.53. The van der Waals surface area contributed by atoms with E-state index in [1.165, 1.54) is 0 Å². The first-order valence-corrected chi connectivity index (χ1v) is 10.6. The van der Waals surface area contributed by atoms with E-state index in [-0.39, 0.29) is 6.10 Å². The van der Waals surface area contributed by atoms with Crippen LogP contribution in [0.1, 0.15) is 19.4 Å². The Bertz CT molecular complexity index is 782. The predicted molar refractivity (Wildman–Crippen MR) is 121 cm³/mol. The molecule has 1 aromatic carbocycles. The zero-order valence-corrected chi connectivity index (χ0v) is 18.3. The van der Waals surface area contributed by atoms with Crippen LogP contribution in [0.5, 0.6) is 5.75 Å². The third-order valence-corrected chi connectivity index (χ3v) is 4.92. The number of likely N-dealkylation sites (N-methyl/N-ethyl adjacent to an activating group) is 1. The molecule has 2 heterocycles. The van der Waals surface area contributed by atoms with E-state index in [1.807, 2.05) is 43.6 Å². The molecule has 0 spiro atoms. The maximum absolute atomic E-state index is 5.80. The van der Waals surface area contributed by atoms with Gasteiger partial charge >= 0.3 is 0 Å². The number of aliphatic imine (C=N–C) groups is 1. The van der Waals surface area contributed by atoms with Crippen molar-refractivity contribution in [2.75, 3.05) is 51.3 Å². The van der Waals surface area contributed by atoms with Gasteiger partial charge in [0.1, 0.15) is 18.2 Å². The van der Waals surface area contributed by atoms with Gasteiger partial charge in [0.2, 0.25) is 0 Å². The molecule has 3 rings (SSSR count). The average molecular weight is 412 g/mol. The van der Waals surface area contributed by atoms with Gasteiger partial charge in [-0.25, -0.2) is 9.98 Å². The zero-order chi connectivity index (χ0) is 21.2. The van der Waals surface area contributed by atoms with Gasteiger partial charge in [-0.1, -0.05) is 24.3 Å². The standard InChI is InChI=1S/C23H33N5O2/c1-4-24-23(27(3)12-14-30-21-8-6-5-7-9-21)26-17-20-10-11-22(25-16-20)28-13-15-29-19(2)18-28/h5-11,16,19H,4,12-15,17-18H2,1-3H3,(H,24,26). The summed E-state index contributed by atoms with van der Waals surface area (Å²) in [6.07, 6.45) is 2.16. The normalized spacial score (nSPS) is 17.0. The lowest BCUT2D eigenvalue weighted by Crippen LogP contribution is -2.41. The summed E-state index contributed by atoms with van der Waals surface area (Å²) < 4.78 is 11.4. The molecule has 1 aromatic heterocycles. The monoisotopic (exact) mass is 411 g/mol. The smallest absolute Gasteiger partial charge is 0.194 e. The molecule has 0 radical (unpaired) electrons. The number of pyridine rings is 1. The van der Waals surface area contributed by atoms with E-state index >= 15 is 0 Å². The van der Waals surface area contributed by atoms with Crippen molar-refractivity contribution in [3.8, 4) is 5.75 Å². The second-order valence-electron chi connectivity index (χ2n) is 7.41. The van der Waals surface area contributed by atoms with Crippen LogP contribution in [0.3, 0.4) is 0 Å². The fourth-order valence-electron chi connectivity index (χ4n) is 3.28. The number of nitrogens with zero attached hydrogens (tertiary/aromatic N) is 4. The second kappa shape index (κ2) is 11.4. The van der Waals surface area contributed by atoms with Crippen LogP contribution >= 0.6 is 0 Å². The quantitative estimate of drug-likeness (QED) is 0.532. The van der Waals surface area contributed by atoms with Gasteiger partial charge < -0.3 is 24.6 Å². The molecular formula is C23H33N5O2. The lowest BCUT2D eigenvalue weighted by molar-refractivity contribution is 0.0529. The van der Waals surface area contributed by atoms with E-state index in [4.69, 9.17) is 14.5 Å². The van der Waals surface area contributed by atoms with E-state index in [0.29, 0.717) is 13.2 Å². The van der Waals surface area contributed by atoms with Crippen molar-refractivity contribution < 1.29 is 9.47 Å². The van der Waals surface area contributed by atoms with Crippen molar-refractivity contribution in [2.24, 2.45) is 4.99 Å². The molecule has 1 fully saturated rings. The number of ether oxygens (including phenoxy) is 2. The Hall–Kier alpha value is -2.80. The largest absolute Gasteiger partial charge is 0.492 e. The molecule has 0 amide bonds. The summed E-state index contributed by atoms with van der Waals surface area (Å²) in [4.78, 5) is 13.8. The molecule has 1 aliphatic heterocycles. The number of nitrogens with one attached hydrogen (secondary N) is 1. The minimum atomic E-state index is 0.244. The number of hydrogen-bond acceptors (Lipinski definition) is 5. The van der Waals surface area contributed by atoms with Crippen LogP contribution in [-0.4, -0.2) is 68.4 Å². The van der Waals surface area contributed by atoms with Gasteiger partial charge in [-0.2, -0.15) is 0 Å². The molecule has 7 nitrogen and oxygen atoms in total. The Kier molecular flexibility index (Phi) is 8.32.